The molecule has 0 fully saturated rings. The van der Waals surface area contributed by atoms with Crippen LogP contribution in [0.2, 0.25) is 0 Å². The van der Waals surface area contributed by atoms with Gasteiger partial charge in [0.1, 0.15) is 11.4 Å². The van der Waals surface area contributed by atoms with Crippen molar-refractivity contribution in [1.82, 2.24) is 10.3 Å². The van der Waals surface area contributed by atoms with E-state index in [0.717, 1.165) is 5.39 Å². The molecule has 0 aliphatic rings. The molecule has 110 valence electrons. The van der Waals surface area contributed by atoms with Crippen molar-refractivity contribution >= 4 is 22.6 Å². The molecule has 0 saturated heterocycles. The van der Waals surface area contributed by atoms with E-state index in [-0.39, 0.29) is 30.5 Å². The summed E-state index contributed by atoms with van der Waals surface area (Å²) >= 11 is 0. The molecule has 1 amide bonds. The fourth-order valence-electron chi connectivity index (χ4n) is 2.00. The van der Waals surface area contributed by atoms with Gasteiger partial charge in [0.15, 0.2) is 0 Å². The first-order valence-corrected chi connectivity index (χ1v) is 6.44. The van der Waals surface area contributed by atoms with E-state index >= 15 is 0 Å². The summed E-state index contributed by atoms with van der Waals surface area (Å²) in [6.45, 7) is 0.193. The van der Waals surface area contributed by atoms with Crippen molar-refractivity contribution in [2.45, 2.75) is 6.42 Å². The predicted molar refractivity (Wildman–Crippen MR) is 77.3 cm³/mol. The lowest BCUT2D eigenvalue weighted by Gasteiger charge is -2.10. The van der Waals surface area contributed by atoms with Crippen LogP contribution >= 0.6 is 0 Å². The summed E-state index contributed by atoms with van der Waals surface area (Å²) in [6, 6.07) is 7.31. The normalized spacial score (nSPS) is 10.2. The fraction of sp³-hybridized carbons (Fsp3) is 0.267. The summed E-state index contributed by atoms with van der Waals surface area (Å²) in [6.07, 6.45) is 1.68. The molecule has 1 aromatic carbocycles. The van der Waals surface area contributed by atoms with Crippen LogP contribution < -0.4 is 10.1 Å². The lowest BCUT2D eigenvalue weighted by molar-refractivity contribution is -0.140. The third kappa shape index (κ3) is 3.28. The molecule has 0 atom stereocenters. The molecule has 0 aliphatic carbocycles. The van der Waals surface area contributed by atoms with Crippen LogP contribution in [0.1, 0.15) is 16.9 Å². The van der Waals surface area contributed by atoms with Gasteiger partial charge in [0.2, 0.25) is 0 Å². The number of hydrogen-bond donors (Lipinski definition) is 1. The Morgan fingerprint density at radius 1 is 1.24 bits per heavy atom. The third-order valence-electron chi connectivity index (χ3n) is 3.03. The molecule has 21 heavy (non-hydrogen) atoms. The lowest BCUT2D eigenvalue weighted by Crippen LogP contribution is -2.27. The number of nitrogens with one attached hydrogen (secondary N) is 1. The van der Waals surface area contributed by atoms with Crippen molar-refractivity contribution in [1.29, 1.82) is 0 Å². The number of nitrogens with zero attached hydrogens (tertiary/aromatic N) is 1. The van der Waals surface area contributed by atoms with Crippen LogP contribution in [0.15, 0.2) is 30.5 Å². The second-order valence-corrected chi connectivity index (χ2v) is 4.30. The second-order valence-electron chi connectivity index (χ2n) is 4.30. The van der Waals surface area contributed by atoms with Crippen molar-refractivity contribution in [3.05, 3.63) is 36.2 Å². The highest BCUT2D eigenvalue weighted by Gasteiger charge is 2.15. The summed E-state index contributed by atoms with van der Waals surface area (Å²) in [4.78, 5) is 27.4. The summed E-state index contributed by atoms with van der Waals surface area (Å²) in [5.41, 5.74) is 0.273. The zero-order valence-corrected chi connectivity index (χ0v) is 11.9. The van der Waals surface area contributed by atoms with Gasteiger partial charge in [-0.1, -0.05) is 12.1 Å². The zero-order chi connectivity index (χ0) is 15.2. The maximum atomic E-state index is 12.2. The van der Waals surface area contributed by atoms with Crippen LogP contribution in [0.3, 0.4) is 0 Å². The van der Waals surface area contributed by atoms with Gasteiger partial charge in [-0.3, -0.25) is 14.6 Å². The molecule has 0 saturated carbocycles. The Labute approximate surface area is 122 Å². The number of esters is 1. The van der Waals surface area contributed by atoms with Crippen LogP contribution in [-0.2, 0) is 9.53 Å². The minimum atomic E-state index is -0.376. The van der Waals surface area contributed by atoms with Gasteiger partial charge in [-0.2, -0.15) is 0 Å². The summed E-state index contributed by atoms with van der Waals surface area (Å²) < 4.78 is 9.80. The number of carbonyl (C=O) groups excluding carboxylic acids is 2. The first kappa shape index (κ1) is 14.8. The van der Waals surface area contributed by atoms with Gasteiger partial charge in [0, 0.05) is 12.7 Å². The van der Waals surface area contributed by atoms with Crippen LogP contribution in [0.5, 0.6) is 5.75 Å². The van der Waals surface area contributed by atoms with Crippen LogP contribution in [0, 0.1) is 0 Å². The Morgan fingerprint density at radius 3 is 2.76 bits per heavy atom. The Balaban J connectivity index is 2.25. The summed E-state index contributed by atoms with van der Waals surface area (Å²) in [5, 5.41) is 4.16. The number of ether oxygens (including phenoxy) is 2. The van der Waals surface area contributed by atoms with Crippen molar-refractivity contribution < 1.29 is 19.1 Å². The molecule has 0 aliphatic heterocycles. The Morgan fingerprint density at radius 2 is 2.05 bits per heavy atom. The highest BCUT2D eigenvalue weighted by atomic mass is 16.5. The molecule has 0 spiro atoms. The highest BCUT2D eigenvalue weighted by molar-refractivity contribution is 6.07. The van der Waals surface area contributed by atoms with Gasteiger partial charge >= 0.3 is 5.97 Å². The van der Waals surface area contributed by atoms with Crippen molar-refractivity contribution in [2.75, 3.05) is 20.8 Å². The highest BCUT2D eigenvalue weighted by Crippen LogP contribution is 2.27. The van der Waals surface area contributed by atoms with Gasteiger partial charge in [-0.15, -0.1) is 0 Å². The molecule has 6 heteroatoms. The van der Waals surface area contributed by atoms with E-state index in [1.807, 2.05) is 18.2 Å². The third-order valence-corrected chi connectivity index (χ3v) is 3.03. The van der Waals surface area contributed by atoms with E-state index in [1.165, 1.54) is 7.11 Å². The molecule has 0 radical (unpaired) electrons. The topological polar surface area (TPSA) is 77.5 Å². The van der Waals surface area contributed by atoms with Gasteiger partial charge in [-0.05, 0) is 17.5 Å². The van der Waals surface area contributed by atoms with Crippen molar-refractivity contribution in [3.8, 4) is 5.75 Å². The fourth-order valence-corrected chi connectivity index (χ4v) is 2.00. The monoisotopic (exact) mass is 288 g/mol. The zero-order valence-electron chi connectivity index (χ0n) is 11.9. The molecule has 2 rings (SSSR count). The first-order chi connectivity index (χ1) is 10.2. The number of pyridine rings is 1. The number of fused-ring (bicyclic) bond motifs is 1. The minimum Gasteiger partial charge on any atom is -0.496 e. The quantitative estimate of drug-likeness (QED) is 0.844. The Kier molecular flexibility index (Phi) is 4.71. The molecule has 0 bridgehead atoms. The number of amides is 1. The number of rotatable bonds is 5. The lowest BCUT2D eigenvalue weighted by atomic mass is 10.1. The van der Waals surface area contributed by atoms with Crippen LogP contribution in [0.4, 0.5) is 0 Å². The number of hydrogen-bond acceptors (Lipinski definition) is 5. The maximum absolute atomic E-state index is 12.2. The smallest absolute Gasteiger partial charge is 0.307 e. The number of methoxy groups -OCH3 is 2. The van der Waals surface area contributed by atoms with E-state index in [1.54, 1.807) is 19.4 Å². The van der Waals surface area contributed by atoms with Gasteiger partial charge < -0.3 is 14.8 Å². The van der Waals surface area contributed by atoms with E-state index in [2.05, 4.69) is 15.0 Å². The molecule has 6 nitrogen and oxygen atoms in total. The van der Waals surface area contributed by atoms with Crippen molar-refractivity contribution in [2.24, 2.45) is 0 Å². The molecular weight excluding hydrogens is 272 g/mol. The Hall–Kier alpha value is -2.63. The number of benzene rings is 1. The second kappa shape index (κ2) is 6.69. The Bertz CT molecular complexity index is 665. The van der Waals surface area contributed by atoms with Crippen molar-refractivity contribution in [3.63, 3.8) is 0 Å². The van der Waals surface area contributed by atoms with E-state index in [0.29, 0.717) is 11.1 Å². The van der Waals surface area contributed by atoms with Gasteiger partial charge in [-0.25, -0.2) is 0 Å². The summed E-state index contributed by atoms with van der Waals surface area (Å²) in [5.74, 6) is -0.147. The van der Waals surface area contributed by atoms with Crippen LogP contribution in [0.25, 0.3) is 10.8 Å². The molecule has 1 heterocycles. The van der Waals surface area contributed by atoms with E-state index in [9.17, 15) is 9.59 Å². The number of carbonyl (C=O) groups is 2. The average Bonchev–Trinajstić information content (AvgIpc) is 2.53. The molecule has 2 aromatic rings. The van der Waals surface area contributed by atoms with E-state index in [4.69, 9.17) is 4.74 Å². The molecule has 1 aromatic heterocycles. The standard InChI is InChI=1S/C15H16N2O4/c1-20-11-5-3-4-10-6-8-16-14(13(10)11)15(19)17-9-7-12(18)21-2/h3-6,8H,7,9H2,1-2H3,(H,17,19). The maximum Gasteiger partial charge on any atom is 0.307 e. The van der Waals surface area contributed by atoms with Gasteiger partial charge in [0.05, 0.1) is 26.0 Å². The average molecular weight is 288 g/mol. The molecule has 0 unspecified atom stereocenters. The molecular formula is C15H16N2O4. The SMILES string of the molecule is COC(=O)CCNC(=O)c1nccc2cccc(OC)c12. The van der Waals surface area contributed by atoms with Crippen LogP contribution in [-0.4, -0.2) is 37.6 Å². The minimum absolute atomic E-state index is 0.115. The largest absolute Gasteiger partial charge is 0.496 e. The van der Waals surface area contributed by atoms with Gasteiger partial charge in [0.25, 0.3) is 5.91 Å². The summed E-state index contributed by atoms with van der Waals surface area (Å²) in [7, 11) is 2.85. The predicted octanol–water partition coefficient (Wildman–Crippen LogP) is 1.54. The number of aromatic nitrogens is 1. The first-order valence-electron chi connectivity index (χ1n) is 6.44. The van der Waals surface area contributed by atoms with E-state index < -0.39 is 0 Å². The molecule has 1 N–H and O–H groups in total.